The van der Waals surface area contributed by atoms with Crippen molar-refractivity contribution in [1.82, 2.24) is 15.3 Å². The number of rotatable bonds is 6. The number of nitrogens with two attached hydrogens (primary N) is 1. The smallest absolute Gasteiger partial charge is 0.411 e. The molecule has 0 aliphatic carbocycles. The number of benzene rings is 1. The molecule has 0 saturated carbocycles. The first-order valence-electron chi connectivity index (χ1n) is 10.8. The van der Waals surface area contributed by atoms with Crippen LogP contribution in [0.4, 0.5) is 15.1 Å². The van der Waals surface area contributed by atoms with Crippen LogP contribution in [0.5, 0.6) is 0 Å². The number of hydrogen-bond donors (Lipinski definition) is 3. The minimum absolute atomic E-state index is 0.0837. The highest BCUT2D eigenvalue weighted by atomic mass is 28.4. The molecule has 34 heavy (non-hydrogen) atoms. The first-order valence-corrected chi connectivity index (χ1v) is 13.7. The van der Waals surface area contributed by atoms with Gasteiger partial charge < -0.3 is 20.3 Å². The van der Waals surface area contributed by atoms with Crippen molar-refractivity contribution in [1.29, 1.82) is 0 Å². The maximum absolute atomic E-state index is 15.0. The number of oxime groups is 1. The number of guanidine groups is 1. The van der Waals surface area contributed by atoms with Gasteiger partial charge in [-0.15, -0.1) is 5.16 Å². The van der Waals surface area contributed by atoms with Crippen LogP contribution in [-0.2, 0) is 11.1 Å². The van der Waals surface area contributed by atoms with Gasteiger partial charge in [-0.05, 0) is 18.1 Å². The van der Waals surface area contributed by atoms with E-state index in [4.69, 9.17) is 15.4 Å². The van der Waals surface area contributed by atoms with E-state index in [0.717, 1.165) is 5.71 Å². The third kappa shape index (κ3) is 5.87. The Labute approximate surface area is 198 Å². The van der Waals surface area contributed by atoms with Crippen molar-refractivity contribution >= 4 is 32.0 Å². The molecule has 182 valence electrons. The molecule has 0 atom stereocenters. The lowest BCUT2D eigenvalue weighted by Crippen LogP contribution is -2.49. The van der Waals surface area contributed by atoms with Gasteiger partial charge in [-0.2, -0.15) is 0 Å². The lowest BCUT2D eigenvalue weighted by Gasteiger charge is -2.36. The predicted molar refractivity (Wildman–Crippen MR) is 132 cm³/mol. The van der Waals surface area contributed by atoms with Crippen LogP contribution in [0.3, 0.4) is 0 Å². The molecule has 3 rings (SSSR count). The second kappa shape index (κ2) is 9.75. The number of amides is 1. The molecule has 2 heterocycles. The van der Waals surface area contributed by atoms with Crippen LogP contribution >= 0.6 is 0 Å². The summed E-state index contributed by atoms with van der Waals surface area (Å²) in [5.41, 5.74) is 7.49. The molecular weight excluding hydrogens is 457 g/mol. The summed E-state index contributed by atoms with van der Waals surface area (Å²) in [5.74, 6) is -0.271. The Hall–Kier alpha value is -3.54. The Kier molecular flexibility index (Phi) is 7.20. The fourth-order valence-electron chi connectivity index (χ4n) is 2.78. The third-order valence-corrected chi connectivity index (χ3v) is 10.1. The van der Waals surface area contributed by atoms with Gasteiger partial charge in [0.05, 0.1) is 25.3 Å². The molecule has 1 saturated heterocycles. The van der Waals surface area contributed by atoms with Crippen molar-refractivity contribution in [3.8, 4) is 11.1 Å². The number of hydrogen-bond acceptors (Lipinski definition) is 7. The summed E-state index contributed by atoms with van der Waals surface area (Å²) in [6.07, 6.45) is 1.79. The average molecular weight is 488 g/mol. The quantitative estimate of drug-likeness (QED) is 0.245. The molecule has 1 aromatic carbocycles. The molecular formula is C22H30FN7O3Si. The second-order valence-electron chi connectivity index (χ2n) is 9.55. The van der Waals surface area contributed by atoms with E-state index >= 15 is 0 Å². The lowest BCUT2D eigenvalue weighted by molar-refractivity contribution is 0.200. The first kappa shape index (κ1) is 25.1. The minimum atomic E-state index is -1.94. The number of carboxylic acid groups (broad SMARTS) is 1. The van der Waals surface area contributed by atoms with E-state index in [1.807, 2.05) is 10.2 Å². The summed E-state index contributed by atoms with van der Waals surface area (Å²) in [6.45, 7) is 11.9. The minimum Gasteiger partial charge on any atom is -0.465 e. The Morgan fingerprint density at radius 1 is 1.29 bits per heavy atom. The van der Waals surface area contributed by atoms with E-state index in [1.54, 1.807) is 30.6 Å². The number of anilines is 1. The summed E-state index contributed by atoms with van der Waals surface area (Å²) < 4.78 is 20.9. The molecule has 0 spiro atoms. The Morgan fingerprint density at radius 3 is 2.53 bits per heavy atom. The van der Waals surface area contributed by atoms with E-state index in [0.29, 0.717) is 30.2 Å². The SMILES string of the molecule is CC(C)(C)[Si](C)(C)ON=C1CN(c2ncc(-c3cccc(CN=C(N)NC(=O)O)c3F)cn2)C1. The molecule has 1 aliphatic heterocycles. The summed E-state index contributed by atoms with van der Waals surface area (Å²) in [4.78, 5) is 25.1. The van der Waals surface area contributed by atoms with Gasteiger partial charge in [-0.3, -0.25) is 5.32 Å². The molecule has 1 aromatic heterocycles. The van der Waals surface area contributed by atoms with Gasteiger partial charge in [0.1, 0.15) is 5.82 Å². The number of halogens is 1. The zero-order valence-electron chi connectivity index (χ0n) is 20.0. The molecule has 0 radical (unpaired) electrons. The van der Waals surface area contributed by atoms with Crippen molar-refractivity contribution in [2.24, 2.45) is 15.9 Å². The van der Waals surface area contributed by atoms with Gasteiger partial charge >= 0.3 is 6.09 Å². The van der Waals surface area contributed by atoms with Gasteiger partial charge in [-0.1, -0.05) is 39.0 Å². The summed E-state index contributed by atoms with van der Waals surface area (Å²) in [5, 5.41) is 15.0. The van der Waals surface area contributed by atoms with E-state index in [1.165, 1.54) is 0 Å². The van der Waals surface area contributed by atoms with Gasteiger partial charge in [0, 0.05) is 29.1 Å². The van der Waals surface area contributed by atoms with Gasteiger partial charge in [0.15, 0.2) is 5.96 Å². The van der Waals surface area contributed by atoms with Crippen LogP contribution < -0.4 is 16.0 Å². The fraction of sp³-hybridized carbons (Fsp3) is 0.409. The first-order chi connectivity index (χ1) is 15.9. The molecule has 0 unspecified atom stereocenters. The molecule has 1 aliphatic rings. The van der Waals surface area contributed by atoms with E-state index in [-0.39, 0.29) is 23.1 Å². The molecule has 0 bridgehead atoms. The van der Waals surface area contributed by atoms with Crippen molar-refractivity contribution in [3.05, 3.63) is 42.0 Å². The maximum Gasteiger partial charge on any atom is 0.411 e. The number of carbonyl (C=O) groups is 1. The topological polar surface area (TPSA) is 138 Å². The second-order valence-corrected chi connectivity index (χ2v) is 14.3. The van der Waals surface area contributed by atoms with Gasteiger partial charge in [0.25, 0.3) is 8.32 Å². The van der Waals surface area contributed by atoms with Crippen molar-refractivity contribution < 1.29 is 18.8 Å². The third-order valence-electron chi connectivity index (χ3n) is 5.92. The predicted octanol–water partition coefficient (Wildman–Crippen LogP) is 3.56. The Balaban J connectivity index is 1.65. The number of nitrogens with zero attached hydrogens (tertiary/aromatic N) is 5. The van der Waals surface area contributed by atoms with Crippen molar-refractivity contribution in [2.45, 2.75) is 45.4 Å². The molecule has 1 fully saturated rings. The highest BCUT2D eigenvalue weighted by molar-refractivity contribution is 6.74. The highest BCUT2D eigenvalue weighted by Gasteiger charge is 2.40. The summed E-state index contributed by atoms with van der Waals surface area (Å²) in [7, 11) is -1.94. The van der Waals surface area contributed by atoms with Crippen LogP contribution in [-0.4, -0.2) is 54.2 Å². The van der Waals surface area contributed by atoms with Crippen LogP contribution in [0, 0.1) is 5.82 Å². The summed E-state index contributed by atoms with van der Waals surface area (Å²) >= 11 is 0. The van der Waals surface area contributed by atoms with Crippen LogP contribution in [0.2, 0.25) is 18.1 Å². The van der Waals surface area contributed by atoms with Gasteiger partial charge in [-0.25, -0.2) is 24.1 Å². The lowest BCUT2D eigenvalue weighted by atomic mass is 10.0. The van der Waals surface area contributed by atoms with E-state index in [2.05, 4.69) is 54.0 Å². The highest BCUT2D eigenvalue weighted by Crippen LogP contribution is 2.36. The van der Waals surface area contributed by atoms with Crippen molar-refractivity contribution in [2.75, 3.05) is 18.0 Å². The van der Waals surface area contributed by atoms with Gasteiger partial charge in [0.2, 0.25) is 5.95 Å². The molecule has 12 heteroatoms. The number of nitrogens with one attached hydrogen (secondary N) is 1. The maximum atomic E-state index is 15.0. The zero-order chi connectivity index (χ0) is 25.1. The molecule has 2 aromatic rings. The van der Waals surface area contributed by atoms with Crippen molar-refractivity contribution in [3.63, 3.8) is 0 Å². The Bertz CT molecular complexity index is 1110. The monoisotopic (exact) mass is 487 g/mol. The van der Waals surface area contributed by atoms with Crippen LogP contribution in [0.1, 0.15) is 26.3 Å². The largest absolute Gasteiger partial charge is 0.465 e. The van der Waals surface area contributed by atoms with E-state index in [9.17, 15) is 9.18 Å². The zero-order valence-corrected chi connectivity index (χ0v) is 21.0. The molecule has 1 amide bonds. The molecule has 4 N–H and O–H groups in total. The van der Waals surface area contributed by atoms with Crippen LogP contribution in [0.15, 0.2) is 40.7 Å². The molecule has 10 nitrogen and oxygen atoms in total. The van der Waals surface area contributed by atoms with Crippen LogP contribution in [0.25, 0.3) is 11.1 Å². The fourth-order valence-corrected chi connectivity index (χ4v) is 3.41. The summed E-state index contributed by atoms with van der Waals surface area (Å²) in [6, 6.07) is 4.85. The average Bonchev–Trinajstić information content (AvgIpc) is 2.71. The number of aromatic nitrogens is 2. The standard InChI is InChI=1S/C22H30FN7O3Si/c1-22(2,3)34(4,5)33-29-16-12-30(13-16)20-26-10-15(11-27-20)17-8-6-7-14(18(17)23)9-25-19(24)28-21(31)32/h6-8,10-11H,9,12-13H2,1-5H3,(H,31,32)(H3,24,25,28). The normalized spacial score (nSPS) is 14.5. The number of aliphatic imine (C=N–C) groups is 1. The Morgan fingerprint density at radius 2 is 1.94 bits per heavy atom. The van der Waals surface area contributed by atoms with E-state index < -0.39 is 20.2 Å².